The lowest BCUT2D eigenvalue weighted by Crippen LogP contribution is -2.20. The second-order valence-corrected chi connectivity index (χ2v) is 4.41. The summed E-state index contributed by atoms with van der Waals surface area (Å²) in [6.45, 7) is -0.512. The third kappa shape index (κ3) is 4.16. The summed E-state index contributed by atoms with van der Waals surface area (Å²) in [7, 11) is 1.46. The molecule has 0 radical (unpaired) electrons. The number of hydrogen-bond donors (Lipinski definition) is 1. The number of para-hydroxylation sites is 2. The number of methoxy groups -OCH3 is 1. The zero-order valence-electron chi connectivity index (χ0n) is 12.1. The fourth-order valence-electron chi connectivity index (χ4n) is 1.83. The van der Waals surface area contributed by atoms with Crippen LogP contribution in [0.4, 0.5) is 15.8 Å². The molecule has 0 heterocycles. The predicted octanol–water partition coefficient (Wildman–Crippen LogP) is 2.76. The van der Waals surface area contributed by atoms with Crippen molar-refractivity contribution in [2.45, 2.75) is 0 Å². The third-order valence-electron chi connectivity index (χ3n) is 2.86. The number of amides is 1. The maximum Gasteiger partial charge on any atom is 0.311 e. The SMILES string of the molecule is COc1ccccc1NC(=O)COc1cc(F)ccc1[N+](=O)[O-]. The van der Waals surface area contributed by atoms with Gasteiger partial charge in [-0.05, 0) is 18.2 Å². The number of nitro benzene ring substituents is 1. The molecule has 23 heavy (non-hydrogen) atoms. The van der Waals surface area contributed by atoms with Gasteiger partial charge >= 0.3 is 5.69 Å². The van der Waals surface area contributed by atoms with Crippen LogP contribution in [0.15, 0.2) is 42.5 Å². The summed E-state index contributed by atoms with van der Waals surface area (Å²) in [5.74, 6) is -1.12. The molecule has 0 aliphatic heterocycles. The second-order valence-electron chi connectivity index (χ2n) is 4.41. The minimum absolute atomic E-state index is 0.315. The first kappa shape index (κ1) is 16.2. The Morgan fingerprint density at radius 3 is 2.70 bits per heavy atom. The molecule has 8 heteroatoms. The molecule has 1 amide bonds. The van der Waals surface area contributed by atoms with Gasteiger partial charge in [0.15, 0.2) is 6.61 Å². The smallest absolute Gasteiger partial charge is 0.311 e. The Labute approximate surface area is 130 Å². The first-order valence-electron chi connectivity index (χ1n) is 6.51. The van der Waals surface area contributed by atoms with E-state index in [2.05, 4.69) is 5.32 Å². The van der Waals surface area contributed by atoms with Gasteiger partial charge in [0.05, 0.1) is 17.7 Å². The quantitative estimate of drug-likeness (QED) is 0.653. The van der Waals surface area contributed by atoms with Crippen LogP contribution >= 0.6 is 0 Å². The van der Waals surface area contributed by atoms with E-state index in [9.17, 15) is 19.3 Å². The Bertz CT molecular complexity index is 736. The van der Waals surface area contributed by atoms with E-state index in [-0.39, 0.29) is 5.75 Å². The number of benzene rings is 2. The van der Waals surface area contributed by atoms with Crippen LogP contribution in [0.25, 0.3) is 0 Å². The maximum atomic E-state index is 13.2. The predicted molar refractivity (Wildman–Crippen MR) is 80.2 cm³/mol. The van der Waals surface area contributed by atoms with Crippen molar-refractivity contribution in [3.05, 3.63) is 58.4 Å². The summed E-state index contributed by atoms with van der Waals surface area (Å²) in [5.41, 5.74) is 0.00818. The fraction of sp³-hybridized carbons (Fsp3) is 0.133. The lowest BCUT2D eigenvalue weighted by atomic mass is 10.3. The van der Waals surface area contributed by atoms with Crippen molar-refractivity contribution in [3.8, 4) is 11.5 Å². The van der Waals surface area contributed by atoms with E-state index in [1.807, 2.05) is 0 Å². The van der Waals surface area contributed by atoms with Gasteiger partial charge in [0.2, 0.25) is 5.75 Å². The molecule has 0 saturated heterocycles. The van der Waals surface area contributed by atoms with Crippen molar-refractivity contribution >= 4 is 17.3 Å². The minimum atomic E-state index is -0.715. The fourth-order valence-corrected chi connectivity index (χ4v) is 1.83. The van der Waals surface area contributed by atoms with Gasteiger partial charge in [-0.3, -0.25) is 14.9 Å². The molecule has 120 valence electrons. The van der Waals surface area contributed by atoms with E-state index in [4.69, 9.17) is 9.47 Å². The summed E-state index contributed by atoms with van der Waals surface area (Å²) < 4.78 is 23.3. The zero-order chi connectivity index (χ0) is 16.8. The van der Waals surface area contributed by atoms with Crippen LogP contribution in [0.3, 0.4) is 0 Å². The summed E-state index contributed by atoms with van der Waals surface area (Å²) in [6, 6.07) is 9.50. The standard InChI is InChI=1S/C15H13FN2O5/c1-22-13-5-3-2-4-11(13)17-15(19)9-23-14-8-10(16)6-7-12(14)18(20)21/h2-8H,9H2,1H3,(H,17,19). The number of nitrogens with one attached hydrogen (secondary N) is 1. The Morgan fingerprint density at radius 2 is 2.00 bits per heavy atom. The molecule has 7 nitrogen and oxygen atoms in total. The number of nitrogens with zero attached hydrogens (tertiary/aromatic N) is 1. The summed E-state index contributed by atoms with van der Waals surface area (Å²) >= 11 is 0. The molecular formula is C15H13FN2O5. The highest BCUT2D eigenvalue weighted by Crippen LogP contribution is 2.27. The van der Waals surface area contributed by atoms with Crippen molar-refractivity contribution in [2.75, 3.05) is 19.0 Å². The average Bonchev–Trinajstić information content (AvgIpc) is 2.53. The van der Waals surface area contributed by atoms with Crippen LogP contribution in [0.2, 0.25) is 0 Å². The number of halogens is 1. The van der Waals surface area contributed by atoms with E-state index in [0.717, 1.165) is 18.2 Å². The van der Waals surface area contributed by atoms with Crippen molar-refractivity contribution in [2.24, 2.45) is 0 Å². The Hall–Kier alpha value is -3.16. The summed E-state index contributed by atoms with van der Waals surface area (Å²) in [6.07, 6.45) is 0. The first-order chi connectivity index (χ1) is 11.0. The normalized spacial score (nSPS) is 10.0. The van der Waals surface area contributed by atoms with Crippen molar-refractivity contribution < 1.29 is 23.6 Å². The highest BCUT2D eigenvalue weighted by atomic mass is 19.1. The van der Waals surface area contributed by atoms with Gasteiger partial charge in [-0.1, -0.05) is 12.1 Å². The molecule has 2 aromatic carbocycles. The van der Waals surface area contributed by atoms with E-state index >= 15 is 0 Å². The van der Waals surface area contributed by atoms with Gasteiger partial charge in [-0.15, -0.1) is 0 Å². The molecular weight excluding hydrogens is 307 g/mol. The lowest BCUT2D eigenvalue weighted by molar-refractivity contribution is -0.385. The average molecular weight is 320 g/mol. The van der Waals surface area contributed by atoms with Gasteiger partial charge in [0.25, 0.3) is 5.91 Å². The molecule has 1 N–H and O–H groups in total. The molecule has 0 aromatic heterocycles. The molecule has 0 aliphatic carbocycles. The topological polar surface area (TPSA) is 90.7 Å². The Morgan fingerprint density at radius 1 is 1.26 bits per heavy atom. The lowest BCUT2D eigenvalue weighted by Gasteiger charge is -2.10. The van der Waals surface area contributed by atoms with Crippen molar-refractivity contribution in [3.63, 3.8) is 0 Å². The molecule has 0 fully saturated rings. The number of ether oxygens (including phenoxy) is 2. The van der Waals surface area contributed by atoms with Crippen LogP contribution in [0.1, 0.15) is 0 Å². The van der Waals surface area contributed by atoms with Crippen LogP contribution in [-0.4, -0.2) is 24.5 Å². The molecule has 2 rings (SSSR count). The number of anilines is 1. The number of hydrogen-bond acceptors (Lipinski definition) is 5. The summed E-state index contributed by atoms with van der Waals surface area (Å²) in [4.78, 5) is 22.0. The maximum absolute atomic E-state index is 13.2. The van der Waals surface area contributed by atoms with E-state index < -0.39 is 28.9 Å². The molecule has 0 saturated carbocycles. The van der Waals surface area contributed by atoms with Gasteiger partial charge in [0, 0.05) is 12.1 Å². The molecule has 0 bridgehead atoms. The van der Waals surface area contributed by atoms with Crippen molar-refractivity contribution in [1.29, 1.82) is 0 Å². The van der Waals surface area contributed by atoms with Gasteiger partial charge in [0.1, 0.15) is 11.6 Å². The minimum Gasteiger partial charge on any atom is -0.495 e. The van der Waals surface area contributed by atoms with Crippen LogP contribution in [0, 0.1) is 15.9 Å². The van der Waals surface area contributed by atoms with E-state index in [1.165, 1.54) is 7.11 Å². The highest BCUT2D eigenvalue weighted by Gasteiger charge is 2.17. The largest absolute Gasteiger partial charge is 0.495 e. The zero-order valence-corrected chi connectivity index (χ0v) is 12.1. The number of rotatable bonds is 6. The van der Waals surface area contributed by atoms with E-state index in [1.54, 1.807) is 24.3 Å². The number of carbonyl (C=O) groups excluding carboxylic acids is 1. The van der Waals surface area contributed by atoms with Crippen LogP contribution in [-0.2, 0) is 4.79 Å². The van der Waals surface area contributed by atoms with Gasteiger partial charge in [-0.2, -0.15) is 0 Å². The second kappa shape index (κ2) is 7.21. The van der Waals surface area contributed by atoms with Crippen LogP contribution in [0.5, 0.6) is 11.5 Å². The molecule has 0 aliphatic rings. The number of carbonyl (C=O) groups is 1. The summed E-state index contributed by atoms with van der Waals surface area (Å²) in [5, 5.41) is 13.4. The molecule has 2 aromatic rings. The molecule has 0 unspecified atom stereocenters. The highest BCUT2D eigenvalue weighted by molar-refractivity contribution is 5.93. The van der Waals surface area contributed by atoms with Gasteiger partial charge < -0.3 is 14.8 Å². The Balaban J connectivity index is 2.05. The third-order valence-corrected chi connectivity index (χ3v) is 2.86. The van der Waals surface area contributed by atoms with Crippen LogP contribution < -0.4 is 14.8 Å². The first-order valence-corrected chi connectivity index (χ1v) is 6.51. The molecule has 0 spiro atoms. The number of nitro groups is 1. The van der Waals surface area contributed by atoms with E-state index in [0.29, 0.717) is 11.4 Å². The van der Waals surface area contributed by atoms with Gasteiger partial charge in [-0.25, -0.2) is 4.39 Å². The molecule has 0 atom stereocenters. The Kier molecular flexibility index (Phi) is 5.08. The monoisotopic (exact) mass is 320 g/mol. The van der Waals surface area contributed by atoms with Crippen molar-refractivity contribution in [1.82, 2.24) is 0 Å².